The van der Waals surface area contributed by atoms with Gasteiger partial charge in [0.05, 0.1) is 18.8 Å². The van der Waals surface area contributed by atoms with Crippen molar-refractivity contribution in [2.75, 3.05) is 13.1 Å². The van der Waals surface area contributed by atoms with Gasteiger partial charge in [0.1, 0.15) is 0 Å². The van der Waals surface area contributed by atoms with E-state index in [1.807, 2.05) is 53.3 Å². The van der Waals surface area contributed by atoms with E-state index in [1.54, 1.807) is 0 Å². The molecular formula is C16H31IN6O. The van der Waals surface area contributed by atoms with Crippen molar-refractivity contribution in [1.82, 2.24) is 25.7 Å². The van der Waals surface area contributed by atoms with Crippen LogP contribution < -0.4 is 16.0 Å². The molecular weight excluding hydrogens is 419 g/mol. The molecule has 0 unspecified atom stereocenters. The third-order valence-corrected chi connectivity index (χ3v) is 3.33. The van der Waals surface area contributed by atoms with Crippen LogP contribution in [0, 0.1) is 13.8 Å². The van der Waals surface area contributed by atoms with Crippen LogP contribution in [0.3, 0.4) is 0 Å². The summed E-state index contributed by atoms with van der Waals surface area (Å²) in [6, 6.07) is 0. The molecule has 1 amide bonds. The zero-order chi connectivity index (χ0) is 17.6. The number of nitrogens with zero attached hydrogens (tertiary/aromatic N) is 3. The van der Waals surface area contributed by atoms with Crippen molar-refractivity contribution in [3.05, 3.63) is 17.0 Å². The lowest BCUT2D eigenvalue weighted by Crippen LogP contribution is -2.48. The second-order valence-electron chi connectivity index (χ2n) is 6.62. The molecule has 8 heteroatoms. The molecule has 1 rings (SSSR count). The summed E-state index contributed by atoms with van der Waals surface area (Å²) >= 11 is 0. The first-order valence-electron chi connectivity index (χ1n) is 7.96. The Bertz CT molecular complexity index is 574. The Hall–Kier alpha value is -1.32. The van der Waals surface area contributed by atoms with Gasteiger partial charge in [-0.05, 0) is 41.5 Å². The Morgan fingerprint density at radius 2 is 1.88 bits per heavy atom. The highest BCUT2D eigenvalue weighted by Gasteiger charge is 2.14. The van der Waals surface area contributed by atoms with Gasteiger partial charge >= 0.3 is 0 Å². The lowest BCUT2D eigenvalue weighted by Gasteiger charge is -2.21. The van der Waals surface area contributed by atoms with Crippen molar-refractivity contribution in [3.8, 4) is 0 Å². The molecule has 24 heavy (non-hydrogen) atoms. The van der Waals surface area contributed by atoms with Crippen molar-refractivity contribution >= 4 is 35.8 Å². The number of guanidine groups is 1. The second-order valence-corrected chi connectivity index (χ2v) is 6.62. The Morgan fingerprint density at radius 1 is 1.25 bits per heavy atom. The molecule has 0 spiro atoms. The zero-order valence-electron chi connectivity index (χ0n) is 15.8. The molecule has 0 aliphatic rings. The molecule has 1 aromatic heterocycles. The molecule has 1 heterocycles. The highest BCUT2D eigenvalue weighted by Crippen LogP contribution is 2.12. The summed E-state index contributed by atoms with van der Waals surface area (Å²) in [5.74, 6) is 0.566. The quantitative estimate of drug-likeness (QED) is 0.362. The Kier molecular flexibility index (Phi) is 9.31. The molecule has 0 fully saturated rings. The number of hydrogen-bond acceptors (Lipinski definition) is 3. The summed E-state index contributed by atoms with van der Waals surface area (Å²) in [5, 5.41) is 13.5. The standard InChI is InChI=1S/C16H30N6O.HI/c1-8-17-15(19-10-14(23)20-16(4,5)6)18-9-13-11(2)21-22(7)12(13)3;/h8-10H2,1-7H3,(H,20,23)(H2,17,18,19);1H. The fraction of sp³-hybridized carbons (Fsp3) is 0.688. The maximum atomic E-state index is 11.9. The summed E-state index contributed by atoms with van der Waals surface area (Å²) in [4.78, 5) is 16.4. The number of aliphatic imine (C=N–C) groups is 1. The first-order chi connectivity index (χ1) is 10.6. The van der Waals surface area contributed by atoms with Crippen molar-refractivity contribution < 1.29 is 4.79 Å². The van der Waals surface area contributed by atoms with E-state index >= 15 is 0 Å². The minimum atomic E-state index is -0.238. The second kappa shape index (κ2) is 9.85. The number of aromatic nitrogens is 2. The van der Waals surface area contributed by atoms with E-state index in [1.165, 1.54) is 0 Å². The molecule has 3 N–H and O–H groups in total. The van der Waals surface area contributed by atoms with Crippen LogP contribution in [0.25, 0.3) is 0 Å². The SMILES string of the molecule is CCNC(=NCc1c(C)nn(C)c1C)NCC(=O)NC(C)(C)C.I. The average Bonchev–Trinajstić information content (AvgIpc) is 2.65. The van der Waals surface area contributed by atoms with Gasteiger partial charge in [-0.1, -0.05) is 0 Å². The molecule has 0 radical (unpaired) electrons. The minimum Gasteiger partial charge on any atom is -0.357 e. The molecule has 0 saturated heterocycles. The topological polar surface area (TPSA) is 83.3 Å². The number of nitrogens with one attached hydrogen (secondary N) is 3. The van der Waals surface area contributed by atoms with Gasteiger partial charge in [0.25, 0.3) is 0 Å². The fourth-order valence-electron chi connectivity index (χ4n) is 2.17. The van der Waals surface area contributed by atoms with E-state index in [9.17, 15) is 4.79 Å². The fourth-order valence-corrected chi connectivity index (χ4v) is 2.17. The molecule has 1 aromatic rings. The molecule has 138 valence electrons. The lowest BCUT2D eigenvalue weighted by atomic mass is 10.1. The summed E-state index contributed by atoms with van der Waals surface area (Å²) < 4.78 is 1.86. The predicted molar refractivity (Wildman–Crippen MR) is 109 cm³/mol. The van der Waals surface area contributed by atoms with Crippen LogP contribution in [-0.4, -0.2) is 40.3 Å². The lowest BCUT2D eigenvalue weighted by molar-refractivity contribution is -0.121. The van der Waals surface area contributed by atoms with E-state index in [0.717, 1.165) is 23.5 Å². The Labute approximate surface area is 162 Å². The predicted octanol–water partition coefficient (Wildman–Crippen LogP) is 1.62. The monoisotopic (exact) mass is 450 g/mol. The molecule has 0 aliphatic heterocycles. The number of hydrogen-bond donors (Lipinski definition) is 3. The van der Waals surface area contributed by atoms with Crippen LogP contribution in [0.2, 0.25) is 0 Å². The highest BCUT2D eigenvalue weighted by molar-refractivity contribution is 14.0. The number of carbonyl (C=O) groups excluding carboxylic acids is 1. The molecule has 0 aromatic carbocycles. The maximum absolute atomic E-state index is 11.9. The van der Waals surface area contributed by atoms with E-state index < -0.39 is 0 Å². The smallest absolute Gasteiger partial charge is 0.239 e. The van der Waals surface area contributed by atoms with E-state index in [-0.39, 0.29) is 42.0 Å². The van der Waals surface area contributed by atoms with Crippen LogP contribution >= 0.6 is 24.0 Å². The Morgan fingerprint density at radius 3 is 2.33 bits per heavy atom. The van der Waals surface area contributed by atoms with Gasteiger partial charge < -0.3 is 16.0 Å². The number of carbonyl (C=O) groups is 1. The van der Waals surface area contributed by atoms with Crippen LogP contribution in [0.1, 0.15) is 44.6 Å². The van der Waals surface area contributed by atoms with Crippen molar-refractivity contribution in [2.45, 2.75) is 53.6 Å². The third kappa shape index (κ3) is 7.50. The third-order valence-electron chi connectivity index (χ3n) is 3.33. The normalized spacial score (nSPS) is 11.7. The number of aryl methyl sites for hydroxylation is 2. The van der Waals surface area contributed by atoms with Gasteiger partial charge in [-0.15, -0.1) is 24.0 Å². The van der Waals surface area contributed by atoms with Gasteiger partial charge in [-0.2, -0.15) is 5.10 Å². The largest absolute Gasteiger partial charge is 0.357 e. The van der Waals surface area contributed by atoms with E-state index in [0.29, 0.717) is 12.5 Å². The van der Waals surface area contributed by atoms with Crippen LogP contribution in [-0.2, 0) is 18.4 Å². The van der Waals surface area contributed by atoms with E-state index in [2.05, 4.69) is 26.0 Å². The maximum Gasteiger partial charge on any atom is 0.239 e. The minimum absolute atomic E-state index is 0. The highest BCUT2D eigenvalue weighted by atomic mass is 127. The number of amides is 1. The molecule has 0 saturated carbocycles. The molecule has 0 bridgehead atoms. The van der Waals surface area contributed by atoms with Gasteiger partial charge in [0.15, 0.2) is 5.96 Å². The number of halogens is 1. The van der Waals surface area contributed by atoms with Crippen LogP contribution in [0.4, 0.5) is 0 Å². The first-order valence-corrected chi connectivity index (χ1v) is 7.96. The first kappa shape index (κ1) is 22.7. The van der Waals surface area contributed by atoms with Crippen LogP contribution in [0.15, 0.2) is 4.99 Å². The summed E-state index contributed by atoms with van der Waals surface area (Å²) in [6.07, 6.45) is 0. The summed E-state index contributed by atoms with van der Waals surface area (Å²) in [5.41, 5.74) is 2.96. The van der Waals surface area contributed by atoms with Crippen molar-refractivity contribution in [2.24, 2.45) is 12.0 Å². The number of rotatable bonds is 5. The molecule has 0 atom stereocenters. The van der Waals surface area contributed by atoms with E-state index in [4.69, 9.17) is 0 Å². The molecule has 0 aliphatic carbocycles. The van der Waals surface area contributed by atoms with Crippen LogP contribution in [0.5, 0.6) is 0 Å². The van der Waals surface area contributed by atoms with Gasteiger partial charge in [-0.25, -0.2) is 4.99 Å². The zero-order valence-corrected chi connectivity index (χ0v) is 18.1. The Balaban J connectivity index is 0.00000529. The molecule has 7 nitrogen and oxygen atoms in total. The van der Waals surface area contributed by atoms with Crippen molar-refractivity contribution in [3.63, 3.8) is 0 Å². The van der Waals surface area contributed by atoms with Gasteiger partial charge in [-0.3, -0.25) is 9.48 Å². The van der Waals surface area contributed by atoms with Crippen molar-refractivity contribution in [1.29, 1.82) is 0 Å². The van der Waals surface area contributed by atoms with Gasteiger partial charge in [0, 0.05) is 30.4 Å². The summed E-state index contributed by atoms with van der Waals surface area (Å²) in [6.45, 7) is 13.3. The van der Waals surface area contributed by atoms with Gasteiger partial charge in [0.2, 0.25) is 5.91 Å². The average molecular weight is 450 g/mol. The summed E-state index contributed by atoms with van der Waals surface area (Å²) in [7, 11) is 1.93.